The van der Waals surface area contributed by atoms with E-state index in [4.69, 9.17) is 41.0 Å². The third-order valence-corrected chi connectivity index (χ3v) is 6.01. The van der Waals surface area contributed by atoms with E-state index >= 15 is 0 Å². The Morgan fingerprint density at radius 1 is 1.38 bits per heavy atom. The second-order valence-corrected chi connectivity index (χ2v) is 9.31. The predicted octanol–water partition coefficient (Wildman–Crippen LogP) is 2.07. The molecule has 2 aromatic heterocycles. The average Bonchev–Trinajstić information content (AvgIpc) is 3.37. The van der Waals surface area contributed by atoms with Crippen molar-refractivity contribution in [3.8, 4) is 0 Å². The van der Waals surface area contributed by atoms with E-state index in [2.05, 4.69) is 15.0 Å². The van der Waals surface area contributed by atoms with Crippen LogP contribution in [0, 0.1) is 0 Å². The van der Waals surface area contributed by atoms with Gasteiger partial charge in [0.25, 0.3) is 0 Å². The van der Waals surface area contributed by atoms with Gasteiger partial charge in [-0.15, -0.1) is 0 Å². The first-order valence-electron chi connectivity index (χ1n) is 9.91. The number of esters is 1. The van der Waals surface area contributed by atoms with Crippen molar-refractivity contribution >= 4 is 43.0 Å². The number of rotatable bonds is 7. The average molecular weight is 488 g/mol. The number of carbonyl (C=O) groups is 1. The van der Waals surface area contributed by atoms with Crippen LogP contribution in [0.4, 0.5) is 5.82 Å². The van der Waals surface area contributed by atoms with E-state index in [1.54, 1.807) is 25.3 Å². The summed E-state index contributed by atoms with van der Waals surface area (Å²) in [6.45, 7) is 6.62. The highest BCUT2D eigenvalue weighted by molar-refractivity contribution is 7.27. The fraction of sp³-hybridized carbons (Fsp3) is 0.667. The van der Waals surface area contributed by atoms with Crippen molar-refractivity contribution in [2.75, 3.05) is 18.9 Å². The number of carbonyl (C=O) groups excluding carboxylic acids is 1. The first kappa shape index (κ1) is 23.2. The van der Waals surface area contributed by atoms with E-state index in [9.17, 15) is 9.36 Å². The van der Waals surface area contributed by atoms with Crippen molar-refractivity contribution in [1.29, 1.82) is 0 Å². The van der Waals surface area contributed by atoms with E-state index in [1.807, 2.05) is 0 Å². The van der Waals surface area contributed by atoms with Crippen LogP contribution in [0.15, 0.2) is 6.33 Å². The minimum Gasteiger partial charge on any atom is -0.463 e. The number of aromatic nitrogens is 4. The lowest BCUT2D eigenvalue weighted by Crippen LogP contribution is -2.40. The quantitative estimate of drug-likeness (QED) is 0.347. The molecule has 14 heteroatoms. The lowest BCUT2D eigenvalue weighted by Gasteiger charge is -2.26. The molecular formula is C18H23ClN5O7P. The molecular weight excluding hydrogens is 465 g/mol. The lowest BCUT2D eigenvalue weighted by molar-refractivity contribution is -0.205. The van der Waals surface area contributed by atoms with Gasteiger partial charge in [0, 0.05) is 0 Å². The van der Waals surface area contributed by atoms with Gasteiger partial charge in [-0.1, -0.05) is 0 Å². The molecule has 1 unspecified atom stereocenters. The van der Waals surface area contributed by atoms with Gasteiger partial charge >= 0.3 is 5.97 Å². The number of hydrogen-bond acceptors (Lipinski definition) is 11. The second kappa shape index (κ2) is 8.44. The Morgan fingerprint density at radius 2 is 2.09 bits per heavy atom. The number of fused-ring (bicyclic) bond motifs is 2. The fourth-order valence-corrected chi connectivity index (χ4v) is 4.18. The molecule has 4 heterocycles. The Labute approximate surface area is 189 Å². The van der Waals surface area contributed by atoms with Crippen LogP contribution in [0.5, 0.6) is 0 Å². The molecule has 32 heavy (non-hydrogen) atoms. The minimum absolute atomic E-state index is 0.0326. The maximum Gasteiger partial charge on any atom is 0.350 e. The van der Waals surface area contributed by atoms with Crippen LogP contribution >= 0.6 is 20.1 Å². The molecule has 0 radical (unpaired) electrons. The predicted molar refractivity (Wildman–Crippen MR) is 111 cm³/mol. The topological polar surface area (TPSA) is 150 Å². The lowest BCUT2D eigenvalue weighted by atomic mass is 10.1. The number of imidazole rings is 1. The molecule has 0 spiro atoms. The largest absolute Gasteiger partial charge is 0.463 e. The van der Waals surface area contributed by atoms with Crippen LogP contribution in [0.1, 0.15) is 33.9 Å². The number of nitrogens with two attached hydrogens (primary N) is 1. The van der Waals surface area contributed by atoms with Crippen LogP contribution in [0.25, 0.3) is 11.2 Å². The van der Waals surface area contributed by atoms with Crippen LogP contribution in [-0.2, 0) is 33.0 Å². The van der Waals surface area contributed by atoms with Gasteiger partial charge < -0.3 is 29.4 Å². The maximum atomic E-state index is 12.2. The first-order chi connectivity index (χ1) is 15.1. The van der Waals surface area contributed by atoms with Gasteiger partial charge in [-0.2, -0.15) is 9.97 Å². The molecule has 2 fully saturated rings. The molecule has 0 bridgehead atoms. The number of ether oxygens (including phenoxy) is 5. The van der Waals surface area contributed by atoms with Crippen molar-refractivity contribution in [3.05, 3.63) is 11.6 Å². The molecule has 4 rings (SSSR count). The zero-order chi connectivity index (χ0) is 23.3. The van der Waals surface area contributed by atoms with Crippen LogP contribution < -0.4 is 5.73 Å². The van der Waals surface area contributed by atoms with E-state index in [1.165, 1.54) is 13.3 Å². The van der Waals surface area contributed by atoms with Crippen molar-refractivity contribution in [3.63, 3.8) is 0 Å². The van der Waals surface area contributed by atoms with Crippen LogP contribution in [0.3, 0.4) is 0 Å². The van der Waals surface area contributed by atoms with E-state index in [0.29, 0.717) is 11.2 Å². The van der Waals surface area contributed by atoms with Crippen LogP contribution in [0.2, 0.25) is 5.28 Å². The molecule has 2 N–H and O–H groups in total. The van der Waals surface area contributed by atoms with E-state index in [0.717, 1.165) is 0 Å². The molecule has 5 atom stereocenters. The summed E-state index contributed by atoms with van der Waals surface area (Å²) < 4.78 is 42.3. The van der Waals surface area contributed by atoms with Gasteiger partial charge in [-0.05, 0) is 39.3 Å². The molecule has 2 aromatic rings. The van der Waals surface area contributed by atoms with Gasteiger partial charge in [0.2, 0.25) is 19.1 Å². The number of nitrogen functional groups attached to an aromatic ring is 1. The fourth-order valence-electron chi connectivity index (χ4n) is 3.75. The zero-order valence-corrected chi connectivity index (χ0v) is 19.5. The first-order valence-corrected chi connectivity index (χ1v) is 11.1. The summed E-state index contributed by atoms with van der Waals surface area (Å²) >= 11 is 5.98. The van der Waals surface area contributed by atoms with E-state index in [-0.39, 0.29) is 24.3 Å². The Balaban J connectivity index is 1.62. The summed E-state index contributed by atoms with van der Waals surface area (Å²) in [5.41, 5.74) is 6.65. The number of halogens is 1. The van der Waals surface area contributed by atoms with E-state index < -0.39 is 50.1 Å². The molecule has 2 saturated heterocycles. The highest BCUT2D eigenvalue weighted by atomic mass is 35.5. The summed E-state index contributed by atoms with van der Waals surface area (Å²) in [5.74, 6) is -1.50. The Kier molecular flexibility index (Phi) is 6.12. The molecule has 0 saturated carbocycles. The second-order valence-electron chi connectivity index (χ2n) is 7.94. The number of nitrogens with zero attached hydrogens (tertiary/aromatic N) is 4. The zero-order valence-electron chi connectivity index (χ0n) is 17.9. The van der Waals surface area contributed by atoms with Crippen molar-refractivity contribution in [2.24, 2.45) is 0 Å². The molecule has 2 aliphatic rings. The summed E-state index contributed by atoms with van der Waals surface area (Å²) in [6, 6.07) is 0. The standard InChI is InChI=1S/C18H23ClN5O7P/c1-5-27-15(25)18(4,32-26)28-6-8-10-11(31-17(2,3)30-10)14(29-8)24-7-21-9-12(20)22-16(19)23-13(9)24/h7-8,10-11,14H,5-6H2,1-4H3,(H2,20,22,23)/t8-,10-,11-,14-,18?/m1/s1. The molecule has 174 valence electrons. The monoisotopic (exact) mass is 487 g/mol. The molecule has 0 aliphatic carbocycles. The molecule has 12 nitrogen and oxygen atoms in total. The van der Waals surface area contributed by atoms with Crippen molar-refractivity contribution < 1.29 is 33.0 Å². The van der Waals surface area contributed by atoms with Gasteiger partial charge in [0.15, 0.2) is 23.5 Å². The smallest absolute Gasteiger partial charge is 0.350 e. The normalized spacial score (nSPS) is 28.7. The Morgan fingerprint density at radius 3 is 2.78 bits per heavy atom. The van der Waals surface area contributed by atoms with Gasteiger partial charge in [0.05, 0.1) is 19.5 Å². The Hall–Kier alpha value is -1.95. The summed E-state index contributed by atoms with van der Waals surface area (Å²) in [4.78, 5) is 24.6. The third-order valence-electron chi connectivity index (χ3n) is 5.18. The summed E-state index contributed by atoms with van der Waals surface area (Å²) in [6.07, 6.45) is -0.953. The summed E-state index contributed by atoms with van der Waals surface area (Å²) in [5, 5.41) is -1.71. The molecule has 0 aromatic carbocycles. The van der Waals surface area contributed by atoms with Crippen molar-refractivity contribution in [1.82, 2.24) is 19.5 Å². The molecule has 0 amide bonds. The third kappa shape index (κ3) is 4.07. The van der Waals surface area contributed by atoms with Gasteiger partial charge in [-0.25, -0.2) is 9.78 Å². The van der Waals surface area contributed by atoms with Gasteiger partial charge in [-0.3, -0.25) is 9.13 Å². The summed E-state index contributed by atoms with van der Waals surface area (Å²) in [7, 11) is -0.538. The number of anilines is 1. The molecule has 2 aliphatic heterocycles. The SMILES string of the molecule is CCOC(=O)C(C)(OC[C@H]1O[C@@H](n2cnc3c(N)nc(Cl)nc32)[C@@H]2OC(C)(C)O[C@@H]21)P=O. The maximum absolute atomic E-state index is 12.2. The number of hydrogen-bond donors (Lipinski definition) is 1. The Bertz CT molecular complexity index is 1050. The minimum atomic E-state index is -1.68. The highest BCUT2D eigenvalue weighted by Crippen LogP contribution is 2.44. The van der Waals surface area contributed by atoms with Crippen molar-refractivity contribution in [2.45, 2.75) is 63.4 Å². The highest BCUT2D eigenvalue weighted by Gasteiger charge is 2.57. The van der Waals surface area contributed by atoms with Gasteiger partial charge in [0.1, 0.15) is 23.8 Å². The van der Waals surface area contributed by atoms with Crippen LogP contribution in [-0.4, -0.2) is 68.1 Å².